The highest BCUT2D eigenvalue weighted by Gasteiger charge is 2.23. The molecule has 1 unspecified atom stereocenters. The van der Waals surface area contributed by atoms with Gasteiger partial charge in [-0.3, -0.25) is 0 Å². The van der Waals surface area contributed by atoms with Crippen molar-refractivity contribution >= 4 is 12.0 Å². The summed E-state index contributed by atoms with van der Waals surface area (Å²) in [6, 6.07) is -1.12. The van der Waals surface area contributed by atoms with Gasteiger partial charge in [-0.05, 0) is 18.4 Å². The van der Waals surface area contributed by atoms with Gasteiger partial charge in [-0.1, -0.05) is 19.4 Å². The average molecular weight is 270 g/mol. The maximum Gasteiger partial charge on any atom is 0.326 e. The van der Waals surface area contributed by atoms with E-state index in [9.17, 15) is 9.59 Å². The van der Waals surface area contributed by atoms with Crippen molar-refractivity contribution in [2.75, 3.05) is 26.8 Å². The molecule has 0 radical (unpaired) electrons. The second-order valence-electron chi connectivity index (χ2n) is 4.62. The first-order valence-corrected chi connectivity index (χ1v) is 6.53. The number of carboxylic acids is 1. The van der Waals surface area contributed by atoms with Crippen LogP contribution in [0.1, 0.15) is 26.2 Å². The lowest BCUT2D eigenvalue weighted by Crippen LogP contribution is -2.49. The minimum absolute atomic E-state index is 0.312. The number of amides is 2. The molecular weight excluding hydrogens is 248 g/mol. The van der Waals surface area contributed by atoms with E-state index in [0.29, 0.717) is 26.1 Å². The predicted octanol–water partition coefficient (Wildman–Crippen LogP) is 1.23. The van der Waals surface area contributed by atoms with Crippen molar-refractivity contribution in [3.05, 3.63) is 11.6 Å². The van der Waals surface area contributed by atoms with Crippen LogP contribution in [0.15, 0.2) is 11.6 Å². The Bertz CT molecular complexity index is 355. The van der Waals surface area contributed by atoms with Crippen LogP contribution in [0.25, 0.3) is 0 Å². The number of carbonyl (C=O) groups excluding carboxylic acids is 1. The molecule has 0 spiro atoms. The zero-order valence-electron chi connectivity index (χ0n) is 11.5. The van der Waals surface area contributed by atoms with E-state index in [0.717, 1.165) is 12.8 Å². The summed E-state index contributed by atoms with van der Waals surface area (Å²) in [7, 11) is 1.64. The summed E-state index contributed by atoms with van der Waals surface area (Å²) in [5.41, 5.74) is 1.18. The Hall–Kier alpha value is -1.56. The van der Waals surface area contributed by atoms with Crippen LogP contribution in [-0.2, 0) is 9.53 Å². The zero-order chi connectivity index (χ0) is 14.3. The molecule has 1 rings (SSSR count). The molecule has 0 aromatic heterocycles. The molecule has 0 aromatic rings. The lowest BCUT2D eigenvalue weighted by molar-refractivity contribution is -0.139. The first kappa shape index (κ1) is 15.5. The van der Waals surface area contributed by atoms with E-state index in [1.54, 1.807) is 12.0 Å². The molecule has 1 heterocycles. The highest BCUT2D eigenvalue weighted by Crippen LogP contribution is 2.11. The van der Waals surface area contributed by atoms with Gasteiger partial charge in [0, 0.05) is 20.2 Å². The first-order chi connectivity index (χ1) is 9.08. The first-order valence-electron chi connectivity index (χ1n) is 6.53. The Morgan fingerprint density at radius 2 is 2.32 bits per heavy atom. The van der Waals surface area contributed by atoms with E-state index in [2.05, 4.69) is 5.32 Å². The second kappa shape index (κ2) is 7.78. The van der Waals surface area contributed by atoms with Crippen LogP contribution in [0.3, 0.4) is 0 Å². The number of carboxylic acid groups (broad SMARTS) is 1. The van der Waals surface area contributed by atoms with E-state index in [4.69, 9.17) is 9.84 Å². The standard InChI is InChI=1S/C13H22N2O4/c1-3-4-11(12(16)17)14-13(18)15-7-5-10(6-8-15)9-19-2/h5,11H,3-4,6-9H2,1-2H3,(H,14,18)(H,16,17). The smallest absolute Gasteiger partial charge is 0.326 e. The van der Waals surface area contributed by atoms with E-state index in [1.165, 1.54) is 5.57 Å². The average Bonchev–Trinajstić information content (AvgIpc) is 2.39. The normalized spacial score (nSPS) is 16.7. The maximum atomic E-state index is 11.9. The molecule has 1 aliphatic rings. The fourth-order valence-corrected chi connectivity index (χ4v) is 2.00. The maximum absolute atomic E-state index is 11.9. The number of urea groups is 1. The molecule has 6 heteroatoms. The Balaban J connectivity index is 2.48. The third kappa shape index (κ3) is 4.90. The van der Waals surface area contributed by atoms with Crippen LogP contribution in [0.4, 0.5) is 4.79 Å². The predicted molar refractivity (Wildman–Crippen MR) is 71.0 cm³/mol. The molecule has 6 nitrogen and oxygen atoms in total. The zero-order valence-corrected chi connectivity index (χ0v) is 11.5. The summed E-state index contributed by atoms with van der Waals surface area (Å²) in [5, 5.41) is 11.6. The Morgan fingerprint density at radius 3 is 2.79 bits per heavy atom. The van der Waals surface area contributed by atoms with Gasteiger partial charge >= 0.3 is 12.0 Å². The number of methoxy groups -OCH3 is 1. The van der Waals surface area contributed by atoms with Gasteiger partial charge in [0.25, 0.3) is 0 Å². The van der Waals surface area contributed by atoms with Crippen molar-refractivity contribution in [3.8, 4) is 0 Å². The van der Waals surface area contributed by atoms with Crippen molar-refractivity contribution in [2.24, 2.45) is 0 Å². The summed E-state index contributed by atoms with van der Waals surface area (Å²) < 4.78 is 5.04. The summed E-state index contributed by atoms with van der Waals surface area (Å²) in [6.45, 7) is 3.58. The lowest BCUT2D eigenvalue weighted by Gasteiger charge is -2.28. The molecule has 0 aromatic carbocycles. The minimum atomic E-state index is -0.983. The van der Waals surface area contributed by atoms with Crippen LogP contribution >= 0.6 is 0 Å². The van der Waals surface area contributed by atoms with E-state index < -0.39 is 12.0 Å². The van der Waals surface area contributed by atoms with Crippen molar-refractivity contribution in [3.63, 3.8) is 0 Å². The molecule has 0 bridgehead atoms. The fourth-order valence-electron chi connectivity index (χ4n) is 2.00. The summed E-state index contributed by atoms with van der Waals surface area (Å²) in [5.74, 6) is -0.983. The van der Waals surface area contributed by atoms with E-state index in [-0.39, 0.29) is 6.03 Å². The number of hydrogen-bond donors (Lipinski definition) is 2. The van der Waals surface area contributed by atoms with Crippen LogP contribution in [0, 0.1) is 0 Å². The van der Waals surface area contributed by atoms with Gasteiger partial charge in [-0.15, -0.1) is 0 Å². The quantitative estimate of drug-likeness (QED) is 0.711. The Morgan fingerprint density at radius 1 is 1.58 bits per heavy atom. The molecule has 2 amide bonds. The molecule has 19 heavy (non-hydrogen) atoms. The number of carbonyl (C=O) groups is 2. The third-order valence-corrected chi connectivity index (χ3v) is 3.09. The van der Waals surface area contributed by atoms with Gasteiger partial charge in [-0.25, -0.2) is 9.59 Å². The van der Waals surface area contributed by atoms with Gasteiger partial charge in [0.2, 0.25) is 0 Å². The van der Waals surface area contributed by atoms with Crippen molar-refractivity contribution in [1.82, 2.24) is 10.2 Å². The lowest BCUT2D eigenvalue weighted by atomic mass is 10.1. The number of nitrogens with zero attached hydrogens (tertiary/aromatic N) is 1. The molecule has 2 N–H and O–H groups in total. The molecule has 1 atom stereocenters. The van der Waals surface area contributed by atoms with Crippen molar-refractivity contribution < 1.29 is 19.4 Å². The Kier molecular flexibility index (Phi) is 6.35. The van der Waals surface area contributed by atoms with Gasteiger partial charge in [0.05, 0.1) is 6.61 Å². The topological polar surface area (TPSA) is 78.9 Å². The summed E-state index contributed by atoms with van der Waals surface area (Å²) >= 11 is 0. The van der Waals surface area contributed by atoms with Gasteiger partial charge < -0.3 is 20.1 Å². The highest BCUT2D eigenvalue weighted by molar-refractivity contribution is 5.82. The van der Waals surface area contributed by atoms with Gasteiger partial charge in [0.15, 0.2) is 0 Å². The van der Waals surface area contributed by atoms with Crippen LogP contribution in [0.2, 0.25) is 0 Å². The van der Waals surface area contributed by atoms with Gasteiger partial charge in [0.1, 0.15) is 6.04 Å². The van der Waals surface area contributed by atoms with E-state index >= 15 is 0 Å². The number of ether oxygens (including phenoxy) is 1. The number of hydrogen-bond acceptors (Lipinski definition) is 3. The molecule has 0 saturated heterocycles. The van der Waals surface area contributed by atoms with Crippen LogP contribution < -0.4 is 5.32 Å². The Labute approximate surface area is 113 Å². The summed E-state index contributed by atoms with van der Waals surface area (Å²) in [6.07, 6.45) is 3.89. The van der Waals surface area contributed by atoms with Gasteiger partial charge in [-0.2, -0.15) is 0 Å². The van der Waals surface area contributed by atoms with Crippen LogP contribution in [-0.4, -0.2) is 54.9 Å². The molecule has 0 fully saturated rings. The highest BCUT2D eigenvalue weighted by atomic mass is 16.5. The summed E-state index contributed by atoms with van der Waals surface area (Å²) in [4.78, 5) is 24.5. The van der Waals surface area contributed by atoms with E-state index in [1.807, 2.05) is 13.0 Å². The largest absolute Gasteiger partial charge is 0.480 e. The molecule has 0 saturated carbocycles. The molecule has 0 aliphatic carbocycles. The molecule has 1 aliphatic heterocycles. The fraction of sp³-hybridized carbons (Fsp3) is 0.692. The molecular formula is C13H22N2O4. The number of aliphatic carboxylic acids is 1. The molecule has 108 valence electrons. The monoisotopic (exact) mass is 270 g/mol. The third-order valence-electron chi connectivity index (χ3n) is 3.09. The second-order valence-corrected chi connectivity index (χ2v) is 4.62. The number of rotatable bonds is 6. The minimum Gasteiger partial charge on any atom is -0.480 e. The number of nitrogens with one attached hydrogen (secondary N) is 1. The SMILES string of the molecule is CCCC(NC(=O)N1CC=C(COC)CC1)C(=O)O. The van der Waals surface area contributed by atoms with Crippen LogP contribution in [0.5, 0.6) is 0 Å². The van der Waals surface area contributed by atoms with Crippen molar-refractivity contribution in [1.29, 1.82) is 0 Å². The van der Waals surface area contributed by atoms with Crippen molar-refractivity contribution in [2.45, 2.75) is 32.2 Å².